The van der Waals surface area contributed by atoms with Crippen molar-refractivity contribution in [1.29, 1.82) is 0 Å². The summed E-state index contributed by atoms with van der Waals surface area (Å²) in [5, 5.41) is 19.9. The summed E-state index contributed by atoms with van der Waals surface area (Å²) in [6.07, 6.45) is -0.218. The molecule has 0 spiro atoms. The summed E-state index contributed by atoms with van der Waals surface area (Å²) < 4.78 is 0.738. The first-order valence-electron chi connectivity index (χ1n) is 2.10. The molecule has 0 aliphatic heterocycles. The van der Waals surface area contributed by atoms with E-state index in [2.05, 4.69) is 0 Å². The molecule has 47 valence electrons. The molecule has 9 heavy (non-hydrogen) atoms. The van der Waals surface area contributed by atoms with Gasteiger partial charge in [0.05, 0.1) is 6.07 Å². The van der Waals surface area contributed by atoms with Crippen molar-refractivity contribution in [2.24, 2.45) is 0 Å². The van der Waals surface area contributed by atoms with Gasteiger partial charge in [0, 0.05) is 0 Å². The first-order valence-corrected chi connectivity index (χ1v) is 2.88. The van der Waals surface area contributed by atoms with Crippen LogP contribution in [0, 0.1) is 0 Å². The van der Waals surface area contributed by atoms with Crippen LogP contribution in [0.5, 0.6) is 5.06 Å². The Bertz CT molecular complexity index is 231. The van der Waals surface area contributed by atoms with Gasteiger partial charge in [-0.15, -0.1) is 0 Å². The van der Waals surface area contributed by atoms with Gasteiger partial charge in [-0.3, -0.25) is 5.11 Å². The molecule has 0 aromatic carbocycles. The summed E-state index contributed by atoms with van der Waals surface area (Å²) in [6, 6.07) is 1.17. The van der Waals surface area contributed by atoms with Gasteiger partial charge in [0.15, 0.2) is 17.7 Å². The fraction of sp³-hybridized carbons (Fsp3) is 0. The Kier molecular flexibility index (Phi) is 1.35. The molecule has 5 heteroatoms. The van der Waals surface area contributed by atoms with E-state index in [1.807, 2.05) is 0 Å². The number of carbonyl (C=O) groups is 1. The number of hydrogen-bond acceptors (Lipinski definition) is 3. The smallest absolute Gasteiger partial charge is 0.357 e. The van der Waals surface area contributed by atoms with Crippen molar-refractivity contribution >= 4 is 17.6 Å². The van der Waals surface area contributed by atoms with Crippen molar-refractivity contribution in [3.63, 3.8) is 0 Å². The summed E-state index contributed by atoms with van der Waals surface area (Å²) in [7, 11) is 0. The van der Waals surface area contributed by atoms with Crippen molar-refractivity contribution in [2.75, 3.05) is 0 Å². The minimum atomic E-state index is -1.37. The van der Waals surface area contributed by atoms with Crippen LogP contribution in [0.2, 0.25) is 0 Å². The molecule has 0 aliphatic carbocycles. The second kappa shape index (κ2) is 2.02. The highest BCUT2D eigenvalue weighted by Gasteiger charge is 2.08. The molecule has 1 aromatic heterocycles. The van der Waals surface area contributed by atoms with Gasteiger partial charge in [0.25, 0.3) is 0 Å². The van der Waals surface area contributed by atoms with Gasteiger partial charge in [0.1, 0.15) is 0 Å². The summed E-state index contributed by atoms with van der Waals surface area (Å²) in [4.78, 5) is 9.94. The summed E-state index contributed by atoms with van der Waals surface area (Å²) in [6.45, 7) is 0. The largest absolute Gasteiger partial charge is 0.489 e. The van der Waals surface area contributed by atoms with Gasteiger partial charge in [-0.05, 0) is 0 Å². The molecule has 1 heterocycles. The Morgan fingerprint density at radius 1 is 1.78 bits per heavy atom. The normalized spacial score (nSPS) is 9.33. The quantitative estimate of drug-likeness (QED) is 0.455. The van der Waals surface area contributed by atoms with Crippen molar-refractivity contribution in [3.8, 4) is 5.06 Å². The number of rotatable bonds is 0. The Labute approximate surface area is 54.8 Å². The Morgan fingerprint density at radius 3 is 2.67 bits per heavy atom. The average Bonchev–Trinajstić information content (AvgIpc) is 2.14. The van der Waals surface area contributed by atoms with Crippen LogP contribution in [-0.4, -0.2) is 6.09 Å². The van der Waals surface area contributed by atoms with Crippen LogP contribution in [0.3, 0.4) is 0 Å². The highest BCUT2D eigenvalue weighted by Crippen LogP contribution is 2.10. The van der Waals surface area contributed by atoms with E-state index in [1.54, 1.807) is 0 Å². The van der Waals surface area contributed by atoms with Crippen LogP contribution < -0.4 is 9.06 Å². The molecular formula is C4H2NO3S. The Morgan fingerprint density at radius 2 is 2.44 bits per heavy atom. The maximum atomic E-state index is 10.3. The Balaban J connectivity index is 2.98. The van der Waals surface area contributed by atoms with Gasteiger partial charge in [-0.1, -0.05) is 3.96 Å². The van der Waals surface area contributed by atoms with Gasteiger partial charge in [0.2, 0.25) is 0 Å². The van der Waals surface area contributed by atoms with Crippen LogP contribution in [0.25, 0.3) is 0 Å². The van der Waals surface area contributed by atoms with Crippen LogP contribution in [0.1, 0.15) is 0 Å². The first-order chi connectivity index (χ1) is 4.20. The second-order valence-corrected chi connectivity index (χ2v) is 2.30. The minimum Gasteiger partial charge on any atom is -0.489 e. The molecule has 0 saturated heterocycles. The number of carboxylic acid groups (broad SMARTS) is 1. The molecule has 1 aromatic rings. The number of hydrogen-bond donors (Lipinski definition) is 0. The predicted molar refractivity (Wildman–Crippen MR) is 25.4 cm³/mol. The lowest BCUT2D eigenvalue weighted by Crippen LogP contribution is -2.48. The molecule has 4 nitrogen and oxygen atoms in total. The molecule has 0 amide bonds. The topological polar surface area (TPSA) is 63.9 Å². The SMILES string of the molecule is [O]c1cc[n+](C(=O)[O-])s1. The average molecular weight is 144 g/mol. The van der Waals surface area contributed by atoms with E-state index >= 15 is 0 Å². The summed E-state index contributed by atoms with van der Waals surface area (Å²) >= 11 is 0.595. The molecule has 0 unspecified atom stereocenters. The van der Waals surface area contributed by atoms with E-state index in [0.717, 1.165) is 10.2 Å². The van der Waals surface area contributed by atoms with Crippen LogP contribution in [-0.2, 0) is 5.11 Å². The van der Waals surface area contributed by atoms with E-state index < -0.39 is 6.09 Å². The highest BCUT2D eigenvalue weighted by molar-refractivity contribution is 7.04. The molecule has 0 atom stereocenters. The molecule has 0 fully saturated rings. The molecule has 1 radical (unpaired) electrons. The van der Waals surface area contributed by atoms with E-state index in [-0.39, 0.29) is 5.06 Å². The zero-order chi connectivity index (χ0) is 6.85. The molecule has 0 aliphatic rings. The van der Waals surface area contributed by atoms with Crippen molar-refractivity contribution in [3.05, 3.63) is 12.3 Å². The monoisotopic (exact) mass is 144 g/mol. The lowest BCUT2D eigenvalue weighted by Gasteiger charge is -1.81. The highest BCUT2D eigenvalue weighted by atomic mass is 32.1. The van der Waals surface area contributed by atoms with Crippen molar-refractivity contribution in [1.82, 2.24) is 0 Å². The van der Waals surface area contributed by atoms with Gasteiger partial charge >= 0.3 is 11.2 Å². The lowest BCUT2D eigenvalue weighted by atomic mass is 10.7. The molecular weight excluding hydrogens is 142 g/mol. The van der Waals surface area contributed by atoms with Crippen LogP contribution in [0.4, 0.5) is 4.79 Å². The third kappa shape index (κ3) is 1.17. The lowest BCUT2D eigenvalue weighted by molar-refractivity contribution is -0.571. The van der Waals surface area contributed by atoms with Gasteiger partial charge < -0.3 is 9.90 Å². The third-order valence-electron chi connectivity index (χ3n) is 0.714. The van der Waals surface area contributed by atoms with E-state index in [9.17, 15) is 15.0 Å². The fourth-order valence-corrected chi connectivity index (χ4v) is 0.896. The van der Waals surface area contributed by atoms with Gasteiger partial charge in [-0.2, -0.15) is 0 Å². The fourth-order valence-electron chi connectivity index (χ4n) is 0.384. The van der Waals surface area contributed by atoms with Crippen molar-refractivity contribution < 1.29 is 19.0 Å². The first kappa shape index (κ1) is 6.03. The maximum absolute atomic E-state index is 10.3. The molecule has 1 rings (SSSR count). The third-order valence-corrected chi connectivity index (χ3v) is 1.50. The standard InChI is InChI=1S/C4H2NO3S/c6-3-1-2-5(9-3)4(7)8/h1-2H. The molecule has 0 saturated carbocycles. The zero-order valence-corrected chi connectivity index (χ0v) is 5.05. The van der Waals surface area contributed by atoms with Crippen LogP contribution >= 0.6 is 11.5 Å². The van der Waals surface area contributed by atoms with E-state index in [4.69, 9.17) is 0 Å². The molecule has 0 bridgehead atoms. The van der Waals surface area contributed by atoms with E-state index in [1.165, 1.54) is 6.07 Å². The van der Waals surface area contributed by atoms with Crippen LogP contribution in [0.15, 0.2) is 12.3 Å². The summed E-state index contributed by atoms with van der Waals surface area (Å²) in [5.41, 5.74) is 0. The zero-order valence-electron chi connectivity index (χ0n) is 4.23. The summed E-state index contributed by atoms with van der Waals surface area (Å²) in [5.74, 6) is 0. The van der Waals surface area contributed by atoms with Gasteiger partial charge in [-0.25, -0.2) is 0 Å². The minimum absolute atomic E-state index is 0.292. The van der Waals surface area contributed by atoms with E-state index in [0.29, 0.717) is 11.5 Å². The number of aromatic nitrogens is 1. The number of nitrogens with zero attached hydrogens (tertiary/aromatic N) is 1. The molecule has 0 N–H and O–H groups in total. The second-order valence-electron chi connectivity index (χ2n) is 1.32. The predicted octanol–water partition coefficient (Wildman–Crippen LogP) is -0.629. The van der Waals surface area contributed by atoms with Crippen molar-refractivity contribution in [2.45, 2.75) is 0 Å². The Hall–Kier alpha value is -1.10. The maximum Gasteiger partial charge on any atom is 0.357 e. The number of carbonyl (C=O) groups excluding carboxylic acids is 1.